The van der Waals surface area contributed by atoms with Gasteiger partial charge in [-0.05, 0) is 38.5 Å². The summed E-state index contributed by atoms with van der Waals surface area (Å²) < 4.78 is 5.89. The lowest BCUT2D eigenvalue weighted by Crippen LogP contribution is -2.17. The molecule has 2 aliphatic carbocycles. The van der Waals surface area contributed by atoms with Gasteiger partial charge >= 0.3 is 0 Å². The lowest BCUT2D eigenvalue weighted by atomic mass is 10.1. The van der Waals surface area contributed by atoms with Crippen LogP contribution in [0.15, 0.2) is 6.33 Å². The summed E-state index contributed by atoms with van der Waals surface area (Å²) in [5.74, 6) is 1.03. The molecule has 0 unspecified atom stereocenters. The van der Waals surface area contributed by atoms with Gasteiger partial charge in [-0.15, -0.1) is 0 Å². The summed E-state index contributed by atoms with van der Waals surface area (Å²) in [7, 11) is 0. The summed E-state index contributed by atoms with van der Waals surface area (Å²) in [4.78, 5) is 8.87. The third-order valence-electron chi connectivity index (χ3n) is 4.43. The number of anilines is 1. The molecule has 1 saturated carbocycles. The van der Waals surface area contributed by atoms with Crippen molar-refractivity contribution in [3.8, 4) is 0 Å². The van der Waals surface area contributed by atoms with Crippen LogP contribution in [0.3, 0.4) is 0 Å². The maximum atomic E-state index is 5.89. The number of hydrogen-bond donors (Lipinski definition) is 1. The van der Waals surface area contributed by atoms with Gasteiger partial charge in [0.2, 0.25) is 0 Å². The lowest BCUT2D eigenvalue weighted by Gasteiger charge is -2.14. The first-order valence-corrected chi connectivity index (χ1v) is 8.12. The summed E-state index contributed by atoms with van der Waals surface area (Å²) in [6.07, 6.45) is 13.4. The fraction of sp³-hybridized carbons (Fsp3) is 0.750. The number of nitrogens with one attached hydrogen (secondary N) is 1. The molecule has 0 amide bonds. The van der Waals surface area contributed by atoms with E-state index >= 15 is 0 Å². The standard InChI is InChI=1S/C16H25N3O/c1-2-8-14-15(9-3-1)18-12-19-16(14)17-10-11-20-13-6-4-5-7-13/h12-13H,1-11H2,(H,17,18,19). The summed E-state index contributed by atoms with van der Waals surface area (Å²) in [6.45, 7) is 1.63. The Hall–Kier alpha value is -1.16. The molecule has 1 N–H and O–H groups in total. The lowest BCUT2D eigenvalue weighted by molar-refractivity contribution is 0.0658. The molecular weight excluding hydrogens is 250 g/mol. The number of aryl methyl sites for hydroxylation is 1. The van der Waals surface area contributed by atoms with Crippen LogP contribution in [0.2, 0.25) is 0 Å². The van der Waals surface area contributed by atoms with E-state index in [0.717, 1.165) is 31.8 Å². The minimum Gasteiger partial charge on any atom is -0.376 e. The van der Waals surface area contributed by atoms with Gasteiger partial charge in [-0.25, -0.2) is 9.97 Å². The molecule has 0 aromatic carbocycles. The molecule has 1 heterocycles. The first-order chi connectivity index (χ1) is 9.93. The summed E-state index contributed by atoms with van der Waals surface area (Å²) in [5.41, 5.74) is 2.59. The quantitative estimate of drug-likeness (QED) is 0.662. The molecule has 1 fully saturated rings. The van der Waals surface area contributed by atoms with Crippen molar-refractivity contribution in [2.45, 2.75) is 63.9 Å². The second kappa shape index (κ2) is 7.02. The van der Waals surface area contributed by atoms with Gasteiger partial charge in [-0.3, -0.25) is 0 Å². The zero-order valence-electron chi connectivity index (χ0n) is 12.2. The van der Waals surface area contributed by atoms with Crippen molar-refractivity contribution in [3.63, 3.8) is 0 Å². The largest absolute Gasteiger partial charge is 0.376 e. The van der Waals surface area contributed by atoms with Crippen LogP contribution in [0.1, 0.15) is 56.2 Å². The summed E-state index contributed by atoms with van der Waals surface area (Å²) in [6, 6.07) is 0. The van der Waals surface area contributed by atoms with E-state index in [1.54, 1.807) is 6.33 Å². The highest BCUT2D eigenvalue weighted by Gasteiger charge is 2.16. The average Bonchev–Trinajstić information content (AvgIpc) is 2.87. The zero-order chi connectivity index (χ0) is 13.6. The number of nitrogens with zero attached hydrogens (tertiary/aromatic N) is 2. The van der Waals surface area contributed by atoms with Crippen LogP contribution in [-0.2, 0) is 17.6 Å². The van der Waals surface area contributed by atoms with Crippen LogP contribution in [0, 0.1) is 0 Å². The van der Waals surface area contributed by atoms with Crippen LogP contribution >= 0.6 is 0 Å². The molecule has 0 atom stereocenters. The van der Waals surface area contributed by atoms with E-state index in [1.165, 1.54) is 56.2 Å². The maximum absolute atomic E-state index is 5.89. The Labute approximate surface area is 121 Å². The fourth-order valence-corrected chi connectivity index (χ4v) is 3.30. The van der Waals surface area contributed by atoms with Crippen LogP contribution in [0.4, 0.5) is 5.82 Å². The molecule has 2 aliphatic rings. The highest BCUT2D eigenvalue weighted by Crippen LogP contribution is 2.24. The number of hydrogen-bond acceptors (Lipinski definition) is 4. The number of rotatable bonds is 5. The molecule has 110 valence electrons. The Bertz CT molecular complexity index is 430. The molecule has 20 heavy (non-hydrogen) atoms. The Morgan fingerprint density at radius 1 is 1.05 bits per heavy atom. The monoisotopic (exact) mass is 275 g/mol. The van der Waals surface area contributed by atoms with E-state index in [0.29, 0.717) is 6.10 Å². The fourth-order valence-electron chi connectivity index (χ4n) is 3.30. The Morgan fingerprint density at radius 2 is 1.90 bits per heavy atom. The van der Waals surface area contributed by atoms with E-state index in [-0.39, 0.29) is 0 Å². The first kappa shape index (κ1) is 13.8. The predicted octanol–water partition coefficient (Wildman–Crippen LogP) is 3.12. The van der Waals surface area contributed by atoms with Crippen LogP contribution in [-0.4, -0.2) is 29.2 Å². The number of aromatic nitrogens is 2. The van der Waals surface area contributed by atoms with Crippen LogP contribution < -0.4 is 5.32 Å². The number of ether oxygens (including phenoxy) is 1. The smallest absolute Gasteiger partial charge is 0.132 e. The van der Waals surface area contributed by atoms with Crippen LogP contribution in [0.5, 0.6) is 0 Å². The van der Waals surface area contributed by atoms with Crippen molar-refractivity contribution in [2.24, 2.45) is 0 Å². The van der Waals surface area contributed by atoms with Gasteiger partial charge in [0, 0.05) is 17.8 Å². The minimum atomic E-state index is 0.499. The average molecular weight is 275 g/mol. The number of fused-ring (bicyclic) bond motifs is 1. The van der Waals surface area contributed by atoms with Crippen molar-refractivity contribution in [2.75, 3.05) is 18.5 Å². The van der Waals surface area contributed by atoms with Crippen molar-refractivity contribution in [1.82, 2.24) is 9.97 Å². The van der Waals surface area contributed by atoms with Gasteiger partial charge < -0.3 is 10.1 Å². The molecule has 3 rings (SSSR count). The Balaban J connectivity index is 1.51. The maximum Gasteiger partial charge on any atom is 0.132 e. The predicted molar refractivity (Wildman–Crippen MR) is 80.0 cm³/mol. The van der Waals surface area contributed by atoms with Crippen molar-refractivity contribution in [1.29, 1.82) is 0 Å². The molecule has 0 aliphatic heterocycles. The van der Waals surface area contributed by atoms with Gasteiger partial charge in [0.15, 0.2) is 0 Å². The highest BCUT2D eigenvalue weighted by atomic mass is 16.5. The SMILES string of the molecule is c1nc2c(c(NCCOC3CCCC3)n1)CCCCC2. The zero-order valence-corrected chi connectivity index (χ0v) is 12.2. The van der Waals surface area contributed by atoms with Crippen molar-refractivity contribution < 1.29 is 4.74 Å². The molecule has 1 aromatic rings. The summed E-state index contributed by atoms with van der Waals surface area (Å²) in [5, 5.41) is 3.45. The minimum absolute atomic E-state index is 0.499. The molecule has 4 heteroatoms. The van der Waals surface area contributed by atoms with Crippen molar-refractivity contribution in [3.05, 3.63) is 17.6 Å². The second-order valence-corrected chi connectivity index (χ2v) is 5.91. The second-order valence-electron chi connectivity index (χ2n) is 5.91. The van der Waals surface area contributed by atoms with E-state index in [4.69, 9.17) is 4.74 Å². The third kappa shape index (κ3) is 3.48. The van der Waals surface area contributed by atoms with Gasteiger partial charge in [0.1, 0.15) is 12.1 Å². The highest BCUT2D eigenvalue weighted by molar-refractivity contribution is 5.46. The first-order valence-electron chi connectivity index (χ1n) is 8.12. The van der Waals surface area contributed by atoms with E-state index in [1.807, 2.05) is 0 Å². The van der Waals surface area contributed by atoms with E-state index in [2.05, 4.69) is 15.3 Å². The molecule has 4 nitrogen and oxygen atoms in total. The Kier molecular flexibility index (Phi) is 4.85. The van der Waals surface area contributed by atoms with Gasteiger partial charge in [-0.1, -0.05) is 19.3 Å². The summed E-state index contributed by atoms with van der Waals surface area (Å²) >= 11 is 0. The molecule has 0 bridgehead atoms. The molecular formula is C16H25N3O. The molecule has 0 radical (unpaired) electrons. The van der Waals surface area contributed by atoms with Crippen LogP contribution in [0.25, 0.3) is 0 Å². The van der Waals surface area contributed by atoms with Gasteiger partial charge in [0.25, 0.3) is 0 Å². The molecule has 0 spiro atoms. The Morgan fingerprint density at radius 3 is 2.80 bits per heavy atom. The van der Waals surface area contributed by atoms with Gasteiger partial charge in [0.05, 0.1) is 12.7 Å². The topological polar surface area (TPSA) is 47.0 Å². The molecule has 1 aromatic heterocycles. The van der Waals surface area contributed by atoms with Gasteiger partial charge in [-0.2, -0.15) is 0 Å². The van der Waals surface area contributed by atoms with E-state index < -0.39 is 0 Å². The normalized spacial score (nSPS) is 19.6. The third-order valence-corrected chi connectivity index (χ3v) is 4.43. The van der Waals surface area contributed by atoms with E-state index in [9.17, 15) is 0 Å². The molecule has 0 saturated heterocycles. The van der Waals surface area contributed by atoms with Crippen molar-refractivity contribution >= 4 is 5.82 Å².